The second kappa shape index (κ2) is 12.1. The predicted molar refractivity (Wildman–Crippen MR) is 140 cm³/mol. The Morgan fingerprint density at radius 1 is 0.971 bits per heavy atom. The third kappa shape index (κ3) is 7.14. The molecular formula is C27H33Cl2N3O3. The van der Waals surface area contributed by atoms with Crippen LogP contribution in [-0.2, 0) is 17.8 Å². The number of aromatic nitrogens is 2. The fourth-order valence-corrected chi connectivity index (χ4v) is 4.61. The summed E-state index contributed by atoms with van der Waals surface area (Å²) in [5.41, 5.74) is 0.985. The van der Waals surface area contributed by atoms with Gasteiger partial charge in [0.1, 0.15) is 29.5 Å². The summed E-state index contributed by atoms with van der Waals surface area (Å²) in [6, 6.07) is 13.8. The van der Waals surface area contributed by atoms with Crippen molar-refractivity contribution in [1.29, 1.82) is 0 Å². The highest BCUT2D eigenvalue weighted by Gasteiger charge is 2.35. The predicted octanol–water partition coefficient (Wildman–Crippen LogP) is 6.03. The summed E-state index contributed by atoms with van der Waals surface area (Å²) in [4.78, 5) is 6.71. The number of hydrogen-bond donors (Lipinski definition) is 0. The molecule has 3 aromatic rings. The average Bonchev–Trinajstić information content (AvgIpc) is 3.29. The number of piperidine rings is 1. The molecule has 1 aliphatic rings. The zero-order valence-electron chi connectivity index (χ0n) is 20.4. The smallest absolute Gasteiger partial charge is 0.121 e. The van der Waals surface area contributed by atoms with Crippen molar-refractivity contribution in [1.82, 2.24) is 14.5 Å². The number of hydrogen-bond acceptors (Lipinski definition) is 5. The lowest BCUT2D eigenvalue weighted by atomic mass is 9.91. The second-order valence-corrected chi connectivity index (χ2v) is 9.86. The first-order valence-electron chi connectivity index (χ1n) is 12.0. The number of benzene rings is 2. The summed E-state index contributed by atoms with van der Waals surface area (Å²) in [6.45, 7) is 6.92. The van der Waals surface area contributed by atoms with Crippen molar-refractivity contribution in [3.63, 3.8) is 0 Å². The number of methoxy groups -OCH3 is 1. The van der Waals surface area contributed by atoms with E-state index in [0.29, 0.717) is 29.0 Å². The lowest BCUT2D eigenvalue weighted by molar-refractivity contribution is -0.0839. The summed E-state index contributed by atoms with van der Waals surface area (Å²) in [7, 11) is 1.77. The van der Waals surface area contributed by atoms with Gasteiger partial charge in [0.25, 0.3) is 0 Å². The van der Waals surface area contributed by atoms with E-state index >= 15 is 0 Å². The molecule has 0 saturated carbocycles. The van der Waals surface area contributed by atoms with Crippen LogP contribution in [0.25, 0.3) is 0 Å². The molecule has 2 heterocycles. The molecule has 1 fully saturated rings. The Kier molecular flexibility index (Phi) is 8.95. The van der Waals surface area contributed by atoms with Crippen LogP contribution >= 0.6 is 23.2 Å². The zero-order valence-corrected chi connectivity index (χ0v) is 21.9. The van der Waals surface area contributed by atoms with E-state index in [1.165, 1.54) is 5.56 Å². The highest BCUT2D eigenvalue weighted by Crippen LogP contribution is 2.30. The number of imidazole rings is 1. The third-order valence-electron chi connectivity index (χ3n) is 6.66. The Labute approximate surface area is 217 Å². The molecule has 6 nitrogen and oxygen atoms in total. The van der Waals surface area contributed by atoms with Gasteiger partial charge in [0.2, 0.25) is 0 Å². The molecule has 1 saturated heterocycles. The lowest BCUT2D eigenvalue weighted by Crippen LogP contribution is -2.48. The number of nitrogens with zero attached hydrogens (tertiary/aromatic N) is 3. The number of likely N-dealkylation sites (tertiary alicyclic amines) is 1. The first kappa shape index (κ1) is 25.8. The molecule has 0 unspecified atom stereocenters. The van der Waals surface area contributed by atoms with Crippen LogP contribution in [-0.4, -0.2) is 53.5 Å². The summed E-state index contributed by atoms with van der Waals surface area (Å²) in [5, 5.41) is 1.01. The van der Waals surface area contributed by atoms with Crippen LogP contribution in [0.5, 0.6) is 11.5 Å². The molecule has 8 heteroatoms. The number of rotatable bonds is 11. The lowest BCUT2D eigenvalue weighted by Gasteiger charge is -2.40. The molecule has 1 aliphatic heterocycles. The van der Waals surface area contributed by atoms with Crippen molar-refractivity contribution in [2.75, 3.05) is 33.4 Å². The van der Waals surface area contributed by atoms with Crippen LogP contribution in [0.1, 0.15) is 30.7 Å². The minimum atomic E-state index is -0.296. The Balaban J connectivity index is 1.19. The van der Waals surface area contributed by atoms with Gasteiger partial charge in [-0.1, -0.05) is 35.3 Å². The van der Waals surface area contributed by atoms with Crippen molar-refractivity contribution in [3.8, 4) is 11.5 Å². The summed E-state index contributed by atoms with van der Waals surface area (Å²) < 4.78 is 20.0. The first-order valence-corrected chi connectivity index (χ1v) is 12.8. The maximum atomic E-state index is 6.11. The van der Waals surface area contributed by atoms with Crippen molar-refractivity contribution in [3.05, 3.63) is 76.3 Å². The van der Waals surface area contributed by atoms with E-state index in [9.17, 15) is 0 Å². The largest absolute Gasteiger partial charge is 0.494 e. The van der Waals surface area contributed by atoms with Gasteiger partial charge in [-0.05, 0) is 56.0 Å². The topological polar surface area (TPSA) is 48.8 Å². The molecule has 35 heavy (non-hydrogen) atoms. The number of ether oxygens (including phenoxy) is 3. The average molecular weight is 518 g/mol. The van der Waals surface area contributed by atoms with Crippen LogP contribution < -0.4 is 9.47 Å². The molecule has 0 N–H and O–H groups in total. The van der Waals surface area contributed by atoms with E-state index in [0.717, 1.165) is 57.0 Å². The molecule has 1 aromatic heterocycles. The maximum Gasteiger partial charge on any atom is 0.121 e. The van der Waals surface area contributed by atoms with Crippen molar-refractivity contribution >= 4 is 23.2 Å². The third-order valence-corrected chi connectivity index (χ3v) is 7.40. The zero-order chi connectivity index (χ0) is 24.7. The van der Waals surface area contributed by atoms with Crippen molar-refractivity contribution in [2.45, 2.75) is 44.9 Å². The summed E-state index contributed by atoms with van der Waals surface area (Å²) >= 11 is 12.1. The van der Waals surface area contributed by atoms with E-state index in [-0.39, 0.29) is 5.60 Å². The minimum absolute atomic E-state index is 0.296. The van der Waals surface area contributed by atoms with Gasteiger partial charge in [-0.2, -0.15) is 0 Å². The van der Waals surface area contributed by atoms with Crippen molar-refractivity contribution in [2.24, 2.45) is 0 Å². The van der Waals surface area contributed by atoms with Crippen LogP contribution in [0.4, 0.5) is 0 Å². The Morgan fingerprint density at radius 2 is 1.71 bits per heavy atom. The second-order valence-electron chi connectivity index (χ2n) is 9.04. The maximum absolute atomic E-state index is 6.11. The van der Waals surface area contributed by atoms with Crippen LogP contribution in [0, 0.1) is 6.92 Å². The van der Waals surface area contributed by atoms with E-state index < -0.39 is 0 Å². The fraction of sp³-hybridized carbons (Fsp3) is 0.444. The Bertz CT molecular complexity index is 1080. The van der Waals surface area contributed by atoms with Gasteiger partial charge in [-0.25, -0.2) is 4.98 Å². The molecule has 0 spiro atoms. The quantitative estimate of drug-likeness (QED) is 0.290. The molecule has 0 aliphatic carbocycles. The van der Waals surface area contributed by atoms with E-state index in [2.05, 4.69) is 38.7 Å². The molecule has 2 aromatic carbocycles. The fourth-order valence-electron chi connectivity index (χ4n) is 4.32. The highest BCUT2D eigenvalue weighted by molar-refractivity contribution is 6.42. The molecule has 0 radical (unpaired) electrons. The van der Waals surface area contributed by atoms with E-state index in [4.69, 9.17) is 37.4 Å². The van der Waals surface area contributed by atoms with Gasteiger partial charge in [0.15, 0.2) is 0 Å². The molecular weight excluding hydrogens is 485 g/mol. The first-order chi connectivity index (χ1) is 17.0. The summed E-state index contributed by atoms with van der Waals surface area (Å²) in [5.74, 6) is 2.65. The van der Waals surface area contributed by atoms with Crippen LogP contribution in [0.15, 0.2) is 54.9 Å². The molecule has 0 bridgehead atoms. The molecule has 188 valence electrons. The highest BCUT2D eigenvalue weighted by atomic mass is 35.5. The van der Waals surface area contributed by atoms with E-state index in [1.807, 2.05) is 25.4 Å². The number of aryl methyl sites for hydroxylation is 2. The van der Waals surface area contributed by atoms with E-state index in [1.54, 1.807) is 19.2 Å². The van der Waals surface area contributed by atoms with Gasteiger partial charge in [0, 0.05) is 51.7 Å². The van der Waals surface area contributed by atoms with Gasteiger partial charge < -0.3 is 18.8 Å². The standard InChI is InChI=1S/C27H33Cl2N3O3/c1-21-30-12-16-32(21)13-3-17-34-23-6-4-22(5-7-23)19-31-14-10-27(33-2,11-15-31)20-35-24-8-9-25(28)26(29)18-24/h4-9,12,16,18H,3,10-11,13-15,17,19-20H2,1-2H3. The number of halogens is 2. The summed E-state index contributed by atoms with van der Waals surface area (Å²) in [6.07, 6.45) is 6.59. The van der Waals surface area contributed by atoms with Gasteiger partial charge in [0.05, 0.1) is 16.7 Å². The van der Waals surface area contributed by atoms with Gasteiger partial charge in [-0.3, -0.25) is 4.90 Å². The Hall–Kier alpha value is -2.25. The molecule has 0 amide bonds. The van der Waals surface area contributed by atoms with Gasteiger partial charge in [-0.15, -0.1) is 0 Å². The monoisotopic (exact) mass is 517 g/mol. The van der Waals surface area contributed by atoms with Crippen LogP contribution in [0.3, 0.4) is 0 Å². The minimum Gasteiger partial charge on any atom is -0.494 e. The molecule has 4 rings (SSSR count). The van der Waals surface area contributed by atoms with Gasteiger partial charge >= 0.3 is 0 Å². The van der Waals surface area contributed by atoms with Crippen LogP contribution in [0.2, 0.25) is 10.0 Å². The van der Waals surface area contributed by atoms with Crippen molar-refractivity contribution < 1.29 is 14.2 Å². The molecule has 0 atom stereocenters. The normalized spacial score (nSPS) is 15.8. The Morgan fingerprint density at radius 3 is 2.37 bits per heavy atom. The SMILES string of the molecule is COC1(COc2ccc(Cl)c(Cl)c2)CCN(Cc2ccc(OCCCn3ccnc3C)cc2)CC1.